The monoisotopic (exact) mass is 343 g/mol. The van der Waals surface area contributed by atoms with Crippen molar-refractivity contribution in [1.82, 2.24) is 4.98 Å². The molecule has 0 radical (unpaired) electrons. The van der Waals surface area contributed by atoms with Crippen molar-refractivity contribution < 1.29 is 9.53 Å². The first-order chi connectivity index (χ1) is 11.3. The first-order valence-electron chi connectivity index (χ1n) is 7.60. The van der Waals surface area contributed by atoms with E-state index in [2.05, 4.69) is 11.6 Å². The summed E-state index contributed by atoms with van der Waals surface area (Å²) in [6, 6.07) is 7.43. The van der Waals surface area contributed by atoms with Gasteiger partial charge in [0.25, 0.3) is 5.56 Å². The first kappa shape index (κ1) is 17.9. The first-order valence-corrected chi connectivity index (χ1v) is 8.42. The molecule has 0 unspecified atom stereocenters. The Morgan fingerprint density at radius 1 is 1.29 bits per heavy atom. The Hall–Kier alpha value is -2.40. The molecule has 0 amide bonds. The summed E-state index contributed by atoms with van der Waals surface area (Å²) in [6.45, 7) is 9.60. The van der Waals surface area contributed by atoms with E-state index in [0.29, 0.717) is 15.8 Å². The molecule has 0 saturated carbocycles. The van der Waals surface area contributed by atoms with Gasteiger partial charge in [0, 0.05) is 11.5 Å². The van der Waals surface area contributed by atoms with E-state index in [4.69, 9.17) is 4.74 Å². The van der Waals surface area contributed by atoms with Crippen LogP contribution in [0.15, 0.2) is 41.7 Å². The molecule has 0 aliphatic rings. The maximum atomic E-state index is 12.0. The highest BCUT2D eigenvalue weighted by Crippen LogP contribution is 2.15. The fraction of sp³-hybridized carbons (Fsp3) is 0.263. The minimum Gasteiger partial charge on any atom is -0.490 e. The van der Waals surface area contributed by atoms with Gasteiger partial charge in [0.2, 0.25) is 0 Å². The van der Waals surface area contributed by atoms with Crippen LogP contribution in [0.1, 0.15) is 26.3 Å². The highest BCUT2D eigenvalue weighted by atomic mass is 32.1. The Morgan fingerprint density at radius 2 is 1.96 bits per heavy atom. The predicted octanol–water partition coefficient (Wildman–Crippen LogP) is 2.23. The molecule has 0 fully saturated rings. The third-order valence-electron chi connectivity index (χ3n) is 3.23. The number of nitrogens with one attached hydrogen (secondary N) is 1. The summed E-state index contributed by atoms with van der Waals surface area (Å²) in [5.74, 6) is 0.729. The van der Waals surface area contributed by atoms with Crippen LogP contribution in [0.2, 0.25) is 0 Å². The summed E-state index contributed by atoms with van der Waals surface area (Å²) in [6.07, 6.45) is 4.97. The number of hydrogen-bond donors (Lipinski definition) is 1. The standard InChI is InChI=1S/C19H21NO3S/c1-5-10-23-14-8-6-13(7-9-14)11-15-18(22)20-17(24-15)12-16(21)19(2,3)4/h5-9,11-12H,1,10H2,2-4H3,(H,20,22)/b15-11+,17-12+. The van der Waals surface area contributed by atoms with Gasteiger partial charge in [-0.2, -0.15) is 0 Å². The van der Waals surface area contributed by atoms with Gasteiger partial charge >= 0.3 is 0 Å². The normalized spacial score (nSPS) is 13.1. The van der Waals surface area contributed by atoms with Crippen molar-refractivity contribution >= 4 is 29.3 Å². The molecule has 1 heterocycles. The maximum absolute atomic E-state index is 12.0. The van der Waals surface area contributed by atoms with Crippen LogP contribution in [0.3, 0.4) is 0 Å². The molecule has 126 valence electrons. The molecule has 0 bridgehead atoms. The number of Topliss-reactive ketones (excluding diaryl/α,β-unsaturated/α-hetero) is 1. The summed E-state index contributed by atoms with van der Waals surface area (Å²) in [4.78, 5) is 26.8. The summed E-state index contributed by atoms with van der Waals surface area (Å²) in [5.41, 5.74) is 0.230. The van der Waals surface area contributed by atoms with Gasteiger partial charge in [0.15, 0.2) is 5.78 Å². The topological polar surface area (TPSA) is 59.2 Å². The quantitative estimate of drug-likeness (QED) is 0.847. The molecule has 1 aromatic carbocycles. The zero-order valence-corrected chi connectivity index (χ0v) is 14.9. The van der Waals surface area contributed by atoms with Crippen LogP contribution in [0.5, 0.6) is 5.75 Å². The number of carbonyl (C=O) groups excluding carboxylic acids is 1. The number of H-pyrrole nitrogens is 1. The summed E-state index contributed by atoms with van der Waals surface area (Å²) in [7, 11) is 0. The Morgan fingerprint density at radius 3 is 2.54 bits per heavy atom. The van der Waals surface area contributed by atoms with Crippen molar-refractivity contribution in [3.63, 3.8) is 0 Å². The lowest BCUT2D eigenvalue weighted by Crippen LogP contribution is -2.22. The van der Waals surface area contributed by atoms with E-state index in [1.807, 2.05) is 45.0 Å². The second-order valence-corrected chi connectivity index (χ2v) is 7.44. The summed E-state index contributed by atoms with van der Waals surface area (Å²) in [5, 5.41) is 0. The fourth-order valence-corrected chi connectivity index (χ4v) is 2.71. The minimum atomic E-state index is -0.466. The second-order valence-electron chi connectivity index (χ2n) is 6.36. The van der Waals surface area contributed by atoms with E-state index in [9.17, 15) is 9.59 Å². The van der Waals surface area contributed by atoms with Crippen LogP contribution < -0.4 is 19.5 Å². The molecule has 24 heavy (non-hydrogen) atoms. The molecule has 0 atom stereocenters. The van der Waals surface area contributed by atoms with Crippen molar-refractivity contribution in [1.29, 1.82) is 0 Å². The van der Waals surface area contributed by atoms with Crippen molar-refractivity contribution in [2.45, 2.75) is 20.8 Å². The average Bonchev–Trinajstić information content (AvgIpc) is 2.85. The molecule has 0 saturated heterocycles. The number of aromatic nitrogens is 1. The van der Waals surface area contributed by atoms with Gasteiger partial charge in [0.05, 0.1) is 9.20 Å². The zero-order chi connectivity index (χ0) is 17.7. The fourth-order valence-electron chi connectivity index (χ4n) is 1.83. The molecule has 0 aliphatic carbocycles. The number of ether oxygens (including phenoxy) is 1. The smallest absolute Gasteiger partial charge is 0.266 e. The maximum Gasteiger partial charge on any atom is 0.266 e. The van der Waals surface area contributed by atoms with E-state index < -0.39 is 5.41 Å². The molecule has 0 aliphatic heterocycles. The van der Waals surface area contributed by atoms with Gasteiger partial charge in [-0.05, 0) is 23.8 Å². The van der Waals surface area contributed by atoms with E-state index >= 15 is 0 Å². The van der Waals surface area contributed by atoms with Gasteiger partial charge < -0.3 is 9.72 Å². The third kappa shape index (κ3) is 4.80. The number of hydrogen-bond acceptors (Lipinski definition) is 4. The molecule has 0 spiro atoms. The molecule has 5 heteroatoms. The highest BCUT2D eigenvalue weighted by molar-refractivity contribution is 7.07. The number of aromatic amines is 1. The van der Waals surface area contributed by atoms with Gasteiger partial charge in [-0.1, -0.05) is 45.6 Å². The lowest BCUT2D eigenvalue weighted by molar-refractivity contribution is -0.119. The van der Waals surface area contributed by atoms with Crippen molar-refractivity contribution in [2.75, 3.05) is 6.61 Å². The number of ketones is 1. The third-order valence-corrected chi connectivity index (χ3v) is 4.19. The molecule has 4 nitrogen and oxygen atoms in total. The van der Waals surface area contributed by atoms with Gasteiger partial charge in [-0.3, -0.25) is 9.59 Å². The SMILES string of the molecule is C=CCOc1ccc(/C=c2/s/c(=C/C(=O)C(C)(C)C)[nH]c2=O)cc1. The van der Waals surface area contributed by atoms with Crippen LogP contribution in [0.4, 0.5) is 0 Å². The number of rotatable bonds is 5. The van der Waals surface area contributed by atoms with Gasteiger partial charge in [-0.25, -0.2) is 0 Å². The van der Waals surface area contributed by atoms with E-state index in [1.54, 1.807) is 12.2 Å². The molecule has 1 aromatic heterocycles. The van der Waals surface area contributed by atoms with E-state index in [-0.39, 0.29) is 11.3 Å². The van der Waals surface area contributed by atoms with Crippen LogP contribution in [-0.2, 0) is 4.79 Å². The van der Waals surface area contributed by atoms with Crippen molar-refractivity contribution in [2.24, 2.45) is 5.41 Å². The van der Waals surface area contributed by atoms with Gasteiger partial charge in [0.1, 0.15) is 12.4 Å². The van der Waals surface area contributed by atoms with Crippen LogP contribution in [0, 0.1) is 5.41 Å². The molecule has 2 rings (SSSR count). The molecule has 1 N–H and O–H groups in total. The summed E-state index contributed by atoms with van der Waals surface area (Å²) >= 11 is 1.27. The second kappa shape index (κ2) is 7.45. The minimum absolute atomic E-state index is 0.0183. The van der Waals surface area contributed by atoms with E-state index in [1.165, 1.54) is 17.4 Å². The Labute approximate surface area is 144 Å². The summed E-state index contributed by atoms with van der Waals surface area (Å²) < 4.78 is 6.55. The number of thiazole rings is 1. The highest BCUT2D eigenvalue weighted by Gasteiger charge is 2.18. The molecule has 2 aromatic rings. The molecular weight excluding hydrogens is 322 g/mol. The van der Waals surface area contributed by atoms with Gasteiger partial charge in [-0.15, -0.1) is 11.3 Å². The largest absolute Gasteiger partial charge is 0.490 e. The Kier molecular flexibility index (Phi) is 5.57. The van der Waals surface area contributed by atoms with Crippen LogP contribution in [0.25, 0.3) is 12.2 Å². The van der Waals surface area contributed by atoms with Crippen molar-refractivity contribution in [3.05, 3.63) is 62.0 Å². The van der Waals surface area contributed by atoms with Crippen molar-refractivity contribution in [3.8, 4) is 5.75 Å². The molecular formula is C19H21NO3S. The number of benzene rings is 1. The lowest BCUT2D eigenvalue weighted by atomic mass is 9.91. The lowest BCUT2D eigenvalue weighted by Gasteiger charge is -2.12. The average molecular weight is 343 g/mol. The van der Waals surface area contributed by atoms with Crippen LogP contribution in [-0.4, -0.2) is 17.4 Å². The van der Waals surface area contributed by atoms with Crippen LogP contribution >= 0.6 is 11.3 Å². The van der Waals surface area contributed by atoms with E-state index in [0.717, 1.165) is 11.3 Å². The Balaban J connectivity index is 2.31. The Bertz CT molecular complexity index is 896. The zero-order valence-electron chi connectivity index (χ0n) is 14.1. The predicted molar refractivity (Wildman–Crippen MR) is 98.8 cm³/mol. The number of carbonyl (C=O) groups is 1.